The largest absolute Gasteiger partial charge is 0.454 e. The van der Waals surface area contributed by atoms with Crippen LogP contribution < -0.4 is 16.0 Å². The first kappa shape index (κ1) is 20.4. The predicted octanol–water partition coefficient (Wildman–Crippen LogP) is 1.36. The normalized spacial score (nSPS) is 18.9. The van der Waals surface area contributed by atoms with Crippen LogP contribution in [0.2, 0.25) is 0 Å². The first-order valence-corrected chi connectivity index (χ1v) is 9.05. The van der Waals surface area contributed by atoms with Gasteiger partial charge in [0.15, 0.2) is 6.61 Å². The van der Waals surface area contributed by atoms with Crippen LogP contribution in [0.15, 0.2) is 30.3 Å². The van der Waals surface area contributed by atoms with Gasteiger partial charge in [0, 0.05) is 11.6 Å². The van der Waals surface area contributed by atoms with Crippen molar-refractivity contribution < 1.29 is 23.9 Å². The molecule has 27 heavy (non-hydrogen) atoms. The molecule has 0 heterocycles. The molecule has 1 fully saturated rings. The Hall–Kier alpha value is -2.90. The summed E-state index contributed by atoms with van der Waals surface area (Å²) < 4.78 is 4.76. The van der Waals surface area contributed by atoms with E-state index in [0.717, 1.165) is 25.7 Å². The second-order valence-corrected chi connectivity index (χ2v) is 6.60. The standard InChI is InChI=1S/C19H25N3O5/c1-13-7-5-6-10-15(13)21-19(26)22-16(23)12-27-17(24)11-20-18(25)14-8-3-2-4-9-14/h2-4,8-9,13,15H,5-7,10-12H2,1H3,(H,20,25)(H2,21,22,23,26). The topological polar surface area (TPSA) is 114 Å². The van der Waals surface area contributed by atoms with Crippen molar-refractivity contribution in [2.45, 2.75) is 38.6 Å². The summed E-state index contributed by atoms with van der Waals surface area (Å²) in [4.78, 5) is 47.0. The van der Waals surface area contributed by atoms with E-state index in [0.29, 0.717) is 11.5 Å². The Bertz CT molecular complexity index is 677. The van der Waals surface area contributed by atoms with Crippen LogP contribution in [0.3, 0.4) is 0 Å². The Labute approximate surface area is 158 Å². The number of amides is 4. The van der Waals surface area contributed by atoms with Gasteiger partial charge in [0.2, 0.25) is 0 Å². The third-order valence-corrected chi connectivity index (χ3v) is 4.47. The zero-order valence-corrected chi connectivity index (χ0v) is 15.3. The Morgan fingerprint density at radius 1 is 1.07 bits per heavy atom. The summed E-state index contributed by atoms with van der Waals surface area (Å²) in [6.07, 6.45) is 4.14. The van der Waals surface area contributed by atoms with E-state index in [2.05, 4.69) is 22.9 Å². The van der Waals surface area contributed by atoms with Crippen molar-refractivity contribution in [3.8, 4) is 0 Å². The Balaban J connectivity index is 1.63. The van der Waals surface area contributed by atoms with Crippen molar-refractivity contribution in [3.63, 3.8) is 0 Å². The zero-order chi connectivity index (χ0) is 19.6. The molecule has 2 atom stereocenters. The van der Waals surface area contributed by atoms with Gasteiger partial charge in [0.1, 0.15) is 6.54 Å². The van der Waals surface area contributed by atoms with Crippen LogP contribution in [0.5, 0.6) is 0 Å². The molecule has 1 saturated carbocycles. The average molecular weight is 375 g/mol. The highest BCUT2D eigenvalue weighted by molar-refractivity contribution is 5.97. The number of ether oxygens (including phenoxy) is 1. The molecule has 0 radical (unpaired) electrons. The van der Waals surface area contributed by atoms with Gasteiger partial charge in [-0.05, 0) is 30.9 Å². The highest BCUT2D eigenvalue weighted by Gasteiger charge is 2.23. The molecule has 0 spiro atoms. The monoisotopic (exact) mass is 375 g/mol. The van der Waals surface area contributed by atoms with Crippen molar-refractivity contribution >= 4 is 23.8 Å². The van der Waals surface area contributed by atoms with Crippen LogP contribution in [0.4, 0.5) is 4.79 Å². The summed E-state index contributed by atoms with van der Waals surface area (Å²) in [5, 5.41) is 7.32. The molecule has 4 amide bonds. The summed E-state index contributed by atoms with van der Waals surface area (Å²) in [5.74, 6) is -1.54. The van der Waals surface area contributed by atoms with Gasteiger partial charge in [-0.15, -0.1) is 0 Å². The van der Waals surface area contributed by atoms with Crippen LogP contribution >= 0.6 is 0 Å². The van der Waals surface area contributed by atoms with Crippen LogP contribution in [0.25, 0.3) is 0 Å². The third kappa shape index (κ3) is 7.08. The molecule has 0 saturated heterocycles. The number of esters is 1. The van der Waals surface area contributed by atoms with E-state index in [1.165, 1.54) is 0 Å². The van der Waals surface area contributed by atoms with E-state index >= 15 is 0 Å². The average Bonchev–Trinajstić information content (AvgIpc) is 2.67. The zero-order valence-electron chi connectivity index (χ0n) is 15.3. The van der Waals surface area contributed by atoms with Crippen molar-refractivity contribution in [3.05, 3.63) is 35.9 Å². The van der Waals surface area contributed by atoms with E-state index in [1.807, 2.05) is 0 Å². The highest BCUT2D eigenvalue weighted by Crippen LogP contribution is 2.23. The highest BCUT2D eigenvalue weighted by atomic mass is 16.5. The summed E-state index contributed by atoms with van der Waals surface area (Å²) in [6, 6.07) is 7.86. The number of hydrogen-bond donors (Lipinski definition) is 3. The van der Waals surface area contributed by atoms with E-state index < -0.39 is 30.4 Å². The van der Waals surface area contributed by atoms with Crippen LogP contribution in [0.1, 0.15) is 43.0 Å². The molecule has 3 N–H and O–H groups in total. The second kappa shape index (κ2) is 10.3. The van der Waals surface area contributed by atoms with Gasteiger partial charge in [-0.2, -0.15) is 0 Å². The number of imide groups is 1. The van der Waals surface area contributed by atoms with Crippen LogP contribution in [-0.4, -0.2) is 43.0 Å². The number of hydrogen-bond acceptors (Lipinski definition) is 5. The summed E-state index contributed by atoms with van der Waals surface area (Å²) >= 11 is 0. The Morgan fingerprint density at radius 2 is 1.78 bits per heavy atom. The molecule has 8 nitrogen and oxygen atoms in total. The fourth-order valence-electron chi connectivity index (χ4n) is 2.94. The van der Waals surface area contributed by atoms with E-state index in [9.17, 15) is 19.2 Å². The van der Waals surface area contributed by atoms with Crippen molar-refractivity contribution in [2.75, 3.05) is 13.2 Å². The molecular weight excluding hydrogens is 350 g/mol. The number of urea groups is 1. The Morgan fingerprint density at radius 3 is 2.48 bits per heavy atom. The molecule has 1 aliphatic carbocycles. The fraction of sp³-hybridized carbons (Fsp3) is 0.474. The van der Waals surface area contributed by atoms with Gasteiger partial charge < -0.3 is 15.4 Å². The smallest absolute Gasteiger partial charge is 0.325 e. The fourth-order valence-corrected chi connectivity index (χ4v) is 2.94. The van der Waals surface area contributed by atoms with Gasteiger partial charge in [-0.3, -0.25) is 19.7 Å². The molecule has 2 rings (SSSR count). The number of benzene rings is 1. The summed E-state index contributed by atoms with van der Waals surface area (Å²) in [6.45, 7) is 1.11. The predicted molar refractivity (Wildman–Crippen MR) is 97.8 cm³/mol. The number of carbonyl (C=O) groups is 4. The van der Waals surface area contributed by atoms with E-state index in [4.69, 9.17) is 4.74 Å². The maximum absolute atomic E-state index is 11.8. The molecule has 1 aliphatic rings. The molecule has 2 unspecified atom stereocenters. The summed E-state index contributed by atoms with van der Waals surface area (Å²) in [5.41, 5.74) is 0.414. The lowest BCUT2D eigenvalue weighted by atomic mass is 9.86. The van der Waals surface area contributed by atoms with Gasteiger partial charge in [-0.1, -0.05) is 38.0 Å². The Kier molecular flexibility index (Phi) is 7.79. The molecule has 1 aromatic carbocycles. The number of carbonyl (C=O) groups excluding carboxylic acids is 4. The first-order chi connectivity index (χ1) is 13.0. The third-order valence-electron chi connectivity index (χ3n) is 4.47. The van der Waals surface area contributed by atoms with Crippen LogP contribution in [0, 0.1) is 5.92 Å². The van der Waals surface area contributed by atoms with Crippen molar-refractivity contribution in [1.29, 1.82) is 0 Å². The quantitative estimate of drug-likeness (QED) is 0.650. The number of rotatable bonds is 6. The maximum atomic E-state index is 11.8. The molecule has 0 bridgehead atoms. The SMILES string of the molecule is CC1CCCCC1NC(=O)NC(=O)COC(=O)CNC(=O)c1ccccc1. The lowest BCUT2D eigenvalue weighted by Gasteiger charge is -2.29. The van der Waals surface area contributed by atoms with E-state index in [-0.39, 0.29) is 12.6 Å². The van der Waals surface area contributed by atoms with Crippen molar-refractivity contribution in [2.24, 2.45) is 5.92 Å². The van der Waals surface area contributed by atoms with Gasteiger partial charge >= 0.3 is 12.0 Å². The first-order valence-electron chi connectivity index (χ1n) is 9.05. The van der Waals surface area contributed by atoms with Gasteiger partial charge in [0.25, 0.3) is 11.8 Å². The molecule has 146 valence electrons. The molecule has 0 aromatic heterocycles. The minimum absolute atomic E-state index is 0.0438. The lowest BCUT2D eigenvalue weighted by molar-refractivity contribution is -0.147. The second-order valence-electron chi connectivity index (χ2n) is 6.60. The van der Waals surface area contributed by atoms with Gasteiger partial charge in [0.05, 0.1) is 0 Å². The summed E-state index contributed by atoms with van der Waals surface area (Å²) in [7, 11) is 0. The number of nitrogens with one attached hydrogen (secondary N) is 3. The minimum atomic E-state index is -0.768. The minimum Gasteiger partial charge on any atom is -0.454 e. The molecule has 8 heteroatoms. The maximum Gasteiger partial charge on any atom is 0.325 e. The van der Waals surface area contributed by atoms with Gasteiger partial charge in [-0.25, -0.2) is 4.79 Å². The van der Waals surface area contributed by atoms with Crippen LogP contribution in [-0.2, 0) is 14.3 Å². The lowest BCUT2D eigenvalue weighted by Crippen LogP contribution is -2.48. The van der Waals surface area contributed by atoms with Crippen molar-refractivity contribution in [1.82, 2.24) is 16.0 Å². The molecular formula is C19H25N3O5. The molecule has 0 aliphatic heterocycles. The van der Waals surface area contributed by atoms with E-state index in [1.54, 1.807) is 30.3 Å². The molecule has 1 aromatic rings.